The zero-order valence-electron chi connectivity index (χ0n) is 15.4. The largest absolute Gasteiger partial charge is 0.506 e. The summed E-state index contributed by atoms with van der Waals surface area (Å²) in [6, 6.07) is 2.76. The van der Waals surface area contributed by atoms with Crippen molar-refractivity contribution < 1.29 is 55.5 Å². The second-order valence-electron chi connectivity index (χ2n) is 7.53. The van der Waals surface area contributed by atoms with Crippen molar-refractivity contribution in [3.05, 3.63) is 19.3 Å². The summed E-state index contributed by atoms with van der Waals surface area (Å²) in [4.78, 5) is 37.0. The molecule has 2 N–H and O–H groups in total. The Balaban J connectivity index is 1.59. The van der Waals surface area contributed by atoms with E-state index >= 15 is 0 Å². The lowest BCUT2D eigenvalue weighted by Gasteiger charge is -2.30. The van der Waals surface area contributed by atoms with E-state index in [0.29, 0.717) is 7.14 Å². The number of esters is 3. The van der Waals surface area contributed by atoms with Crippen molar-refractivity contribution in [1.82, 2.24) is 0 Å². The van der Waals surface area contributed by atoms with Gasteiger partial charge in [-0.25, -0.2) is 4.79 Å². The molecule has 1 aromatic rings. The predicted octanol–water partition coefficient (Wildman–Crippen LogP) is 1.71. The minimum atomic E-state index is -6.09. The first-order valence-corrected chi connectivity index (χ1v) is 12.5. The summed E-state index contributed by atoms with van der Waals surface area (Å²) in [6.45, 7) is 0. The summed E-state index contributed by atoms with van der Waals surface area (Å²) in [7, 11) is -6.09. The Bertz CT molecular complexity index is 1120. The molecule has 2 bridgehead atoms. The average Bonchev–Trinajstić information content (AvgIpc) is 3.28. The van der Waals surface area contributed by atoms with E-state index in [0.717, 1.165) is 0 Å². The van der Waals surface area contributed by atoms with Crippen LogP contribution in [0.3, 0.4) is 0 Å². The zero-order chi connectivity index (χ0) is 23.7. The molecular weight excluding hydrogens is 688 g/mol. The maximum absolute atomic E-state index is 13.7. The van der Waals surface area contributed by atoms with Gasteiger partial charge in [-0.3, -0.25) is 14.1 Å². The molecule has 1 saturated heterocycles. The zero-order valence-corrected chi connectivity index (χ0v) is 20.5. The molecule has 0 amide bonds. The molecule has 6 atom stereocenters. The molecule has 3 fully saturated rings. The SMILES string of the molecule is O=C1OC2C3CC(C2OC(=O)C(F)(F)S(=O)(=O)O)C(C(=O)Oc2cc(I)c(O)c(I)c2)C13. The number of carbonyl (C=O) groups excluding carboxylic acids is 3. The normalized spacial score (nSPS) is 30.8. The van der Waals surface area contributed by atoms with Crippen molar-refractivity contribution in [3.8, 4) is 11.5 Å². The number of alkyl halides is 2. The second kappa shape index (κ2) is 7.86. The summed E-state index contributed by atoms with van der Waals surface area (Å²) in [5.74, 6) is -7.81. The molecule has 3 aliphatic rings. The molecule has 10 nitrogen and oxygen atoms in total. The molecule has 1 heterocycles. The molecule has 1 aliphatic heterocycles. The summed E-state index contributed by atoms with van der Waals surface area (Å²) in [5.41, 5.74) is 0. The van der Waals surface area contributed by atoms with Crippen LogP contribution in [0.15, 0.2) is 12.1 Å². The average molecular weight is 700 g/mol. The van der Waals surface area contributed by atoms with E-state index in [-0.39, 0.29) is 17.9 Å². The third-order valence-electron chi connectivity index (χ3n) is 5.83. The van der Waals surface area contributed by atoms with Crippen molar-refractivity contribution in [2.75, 3.05) is 0 Å². The highest BCUT2D eigenvalue weighted by atomic mass is 127. The monoisotopic (exact) mass is 700 g/mol. The number of benzene rings is 1. The van der Waals surface area contributed by atoms with Gasteiger partial charge in [0.25, 0.3) is 0 Å². The van der Waals surface area contributed by atoms with Gasteiger partial charge in [-0.05, 0) is 63.7 Å². The topological polar surface area (TPSA) is 154 Å². The van der Waals surface area contributed by atoms with Gasteiger partial charge in [0, 0.05) is 11.8 Å². The van der Waals surface area contributed by atoms with Crippen molar-refractivity contribution in [2.24, 2.45) is 23.7 Å². The number of fused-ring (bicyclic) bond motifs is 1. The Labute approximate surface area is 206 Å². The van der Waals surface area contributed by atoms with Crippen LogP contribution in [-0.2, 0) is 34.0 Å². The van der Waals surface area contributed by atoms with E-state index < -0.39 is 69.2 Å². The number of phenolic OH excluding ortho intramolecular Hbond substituents is 1. The fraction of sp³-hybridized carbons (Fsp3) is 0.471. The van der Waals surface area contributed by atoms with Crippen LogP contribution in [0.2, 0.25) is 0 Å². The molecule has 4 rings (SSSR count). The van der Waals surface area contributed by atoms with Crippen LogP contribution in [0, 0.1) is 30.8 Å². The molecule has 0 radical (unpaired) electrons. The van der Waals surface area contributed by atoms with E-state index in [1.54, 1.807) is 0 Å². The minimum absolute atomic E-state index is 0.0140. The number of hydrogen-bond acceptors (Lipinski definition) is 9. The Hall–Kier alpha value is -1.34. The lowest BCUT2D eigenvalue weighted by atomic mass is 9.78. The number of rotatable bonds is 5. The molecule has 174 valence electrons. The summed E-state index contributed by atoms with van der Waals surface area (Å²) in [6.07, 6.45) is -2.50. The number of ether oxygens (including phenoxy) is 3. The van der Waals surface area contributed by atoms with Gasteiger partial charge in [0.2, 0.25) is 0 Å². The van der Waals surface area contributed by atoms with Crippen molar-refractivity contribution in [3.63, 3.8) is 0 Å². The molecule has 15 heteroatoms. The highest BCUT2D eigenvalue weighted by molar-refractivity contribution is 14.1. The molecule has 6 unspecified atom stereocenters. The standard InChI is InChI=1S/C17H12F2I2O10S/c18-17(19,32(26,27)28)16(25)31-13-6-3-5-10(15(24)30-12(5)13)9(6)14(23)29-4-1-7(20)11(22)8(21)2-4/h1-2,5-6,9-10,12-13,22H,3H2,(H,26,27,28). The van der Waals surface area contributed by atoms with Crippen LogP contribution >= 0.6 is 45.2 Å². The molecular formula is C17H12F2I2O10S. The number of halogens is 4. The third-order valence-corrected chi connectivity index (χ3v) is 8.29. The summed E-state index contributed by atoms with van der Waals surface area (Å²) in [5, 5.41) is 4.61. The minimum Gasteiger partial charge on any atom is -0.506 e. The molecule has 0 aromatic heterocycles. The van der Waals surface area contributed by atoms with Gasteiger partial charge in [0.05, 0.1) is 19.0 Å². The molecule has 32 heavy (non-hydrogen) atoms. The Morgan fingerprint density at radius 3 is 2.34 bits per heavy atom. The van der Waals surface area contributed by atoms with Gasteiger partial charge in [-0.15, -0.1) is 0 Å². The van der Waals surface area contributed by atoms with Gasteiger partial charge in [-0.1, -0.05) is 0 Å². The molecule has 2 aliphatic carbocycles. The fourth-order valence-corrected chi connectivity index (χ4v) is 6.52. The van der Waals surface area contributed by atoms with Gasteiger partial charge in [0.15, 0.2) is 0 Å². The van der Waals surface area contributed by atoms with E-state index in [1.165, 1.54) is 12.1 Å². The van der Waals surface area contributed by atoms with Gasteiger partial charge in [-0.2, -0.15) is 17.2 Å². The Kier molecular flexibility index (Phi) is 5.85. The van der Waals surface area contributed by atoms with E-state index in [4.69, 9.17) is 14.0 Å². The van der Waals surface area contributed by atoms with Crippen LogP contribution in [0.5, 0.6) is 11.5 Å². The molecule has 0 spiro atoms. The first-order chi connectivity index (χ1) is 14.7. The number of aromatic hydroxyl groups is 1. The first kappa shape index (κ1) is 23.8. The van der Waals surface area contributed by atoms with Gasteiger partial charge in [0.1, 0.15) is 23.7 Å². The second-order valence-corrected chi connectivity index (χ2v) is 11.3. The number of phenols is 1. The quantitative estimate of drug-likeness (QED) is 0.201. The van der Waals surface area contributed by atoms with Crippen LogP contribution in [0.1, 0.15) is 6.42 Å². The van der Waals surface area contributed by atoms with E-state index in [2.05, 4.69) is 4.74 Å². The van der Waals surface area contributed by atoms with E-state index in [1.807, 2.05) is 45.2 Å². The maximum Gasteiger partial charge on any atom is 0.465 e. The van der Waals surface area contributed by atoms with Crippen molar-refractivity contribution >= 4 is 73.2 Å². The molecule has 2 saturated carbocycles. The lowest BCUT2D eigenvalue weighted by Crippen LogP contribution is -2.48. The Morgan fingerprint density at radius 2 is 1.78 bits per heavy atom. The lowest BCUT2D eigenvalue weighted by molar-refractivity contribution is -0.178. The summed E-state index contributed by atoms with van der Waals surface area (Å²) >= 11 is 3.64. The summed E-state index contributed by atoms with van der Waals surface area (Å²) < 4.78 is 73.5. The number of carbonyl (C=O) groups is 3. The van der Waals surface area contributed by atoms with Crippen LogP contribution in [-0.4, -0.2) is 53.4 Å². The first-order valence-electron chi connectivity index (χ1n) is 8.90. The highest BCUT2D eigenvalue weighted by Gasteiger charge is 2.71. The maximum atomic E-state index is 13.7. The van der Waals surface area contributed by atoms with E-state index in [9.17, 15) is 36.7 Å². The predicted molar refractivity (Wildman–Crippen MR) is 114 cm³/mol. The van der Waals surface area contributed by atoms with Crippen LogP contribution < -0.4 is 4.74 Å². The molecule has 1 aromatic carbocycles. The highest BCUT2D eigenvalue weighted by Crippen LogP contribution is 2.59. The number of hydrogen-bond donors (Lipinski definition) is 2. The smallest absolute Gasteiger partial charge is 0.465 e. The fourth-order valence-electron chi connectivity index (χ4n) is 4.55. The van der Waals surface area contributed by atoms with Crippen molar-refractivity contribution in [1.29, 1.82) is 0 Å². The third kappa shape index (κ3) is 3.64. The van der Waals surface area contributed by atoms with Gasteiger partial charge >= 0.3 is 33.3 Å². The van der Waals surface area contributed by atoms with Crippen LogP contribution in [0.25, 0.3) is 0 Å². The van der Waals surface area contributed by atoms with Crippen LogP contribution in [0.4, 0.5) is 8.78 Å². The Morgan fingerprint density at radius 1 is 1.19 bits per heavy atom. The van der Waals surface area contributed by atoms with Crippen molar-refractivity contribution in [2.45, 2.75) is 23.9 Å². The van der Waals surface area contributed by atoms with Gasteiger partial charge < -0.3 is 19.3 Å².